The third-order valence-electron chi connectivity index (χ3n) is 6.08. The number of alkyl halides is 6. The molecule has 1 N–H and O–H groups in total. The van der Waals surface area contributed by atoms with Gasteiger partial charge in [-0.15, -0.1) is 24.8 Å². The van der Waals surface area contributed by atoms with Gasteiger partial charge in [0.2, 0.25) is 0 Å². The Morgan fingerprint density at radius 1 is 0.882 bits per heavy atom. The van der Waals surface area contributed by atoms with E-state index in [0.717, 1.165) is 50.3 Å². The van der Waals surface area contributed by atoms with Crippen molar-refractivity contribution in [3.8, 4) is 0 Å². The first-order valence-electron chi connectivity index (χ1n) is 10.6. The Bertz CT molecular complexity index is 916. The van der Waals surface area contributed by atoms with Gasteiger partial charge >= 0.3 is 12.4 Å². The lowest BCUT2D eigenvalue weighted by atomic mass is 9.84. The predicted molar refractivity (Wildman–Crippen MR) is 121 cm³/mol. The van der Waals surface area contributed by atoms with Crippen molar-refractivity contribution in [3.05, 3.63) is 70.3 Å². The van der Waals surface area contributed by atoms with Gasteiger partial charge in [0.25, 0.3) is 0 Å². The minimum Gasteiger partial charge on any atom is -0.372 e. The molecule has 0 spiro atoms. The van der Waals surface area contributed by atoms with E-state index in [-0.39, 0.29) is 55.2 Å². The number of rotatable bonds is 4. The molecule has 1 heterocycles. The summed E-state index contributed by atoms with van der Waals surface area (Å²) >= 11 is 0. The largest absolute Gasteiger partial charge is 0.416 e. The van der Waals surface area contributed by atoms with Crippen LogP contribution in [0.3, 0.4) is 0 Å². The van der Waals surface area contributed by atoms with E-state index >= 15 is 0 Å². The molecule has 0 aromatic heterocycles. The fourth-order valence-electron chi connectivity index (χ4n) is 4.58. The lowest BCUT2D eigenvalue weighted by Gasteiger charge is -2.42. The van der Waals surface area contributed by atoms with Gasteiger partial charge in [-0.25, -0.2) is 0 Å². The minimum absolute atomic E-state index is 0. The van der Waals surface area contributed by atoms with Gasteiger partial charge in [0.1, 0.15) is 0 Å². The molecule has 2 unspecified atom stereocenters. The minimum atomic E-state index is -4.87. The van der Waals surface area contributed by atoms with Crippen molar-refractivity contribution in [3.63, 3.8) is 0 Å². The predicted octanol–water partition coefficient (Wildman–Crippen LogP) is 6.05. The lowest BCUT2D eigenvalue weighted by Crippen LogP contribution is -2.49. The van der Waals surface area contributed by atoms with Crippen LogP contribution in [0.5, 0.6) is 0 Å². The van der Waals surface area contributed by atoms with E-state index in [1.54, 1.807) is 0 Å². The van der Waals surface area contributed by atoms with Crippen molar-refractivity contribution in [1.82, 2.24) is 10.2 Å². The maximum absolute atomic E-state index is 13.2. The lowest BCUT2D eigenvalue weighted by molar-refractivity contribution is -0.143. The molecular weight excluding hydrogens is 505 g/mol. The van der Waals surface area contributed by atoms with Crippen LogP contribution in [0.1, 0.15) is 40.3 Å². The molecule has 2 aromatic rings. The number of benzene rings is 2. The van der Waals surface area contributed by atoms with Gasteiger partial charge in [0.05, 0.1) is 29.9 Å². The number of fused-ring (bicyclic) bond motifs is 1. The molecule has 2 atom stereocenters. The van der Waals surface area contributed by atoms with E-state index in [1.165, 1.54) is 5.56 Å². The molecule has 1 saturated heterocycles. The Kier molecular flexibility index (Phi) is 9.69. The number of nitrogens with one attached hydrogen (secondary N) is 1. The van der Waals surface area contributed by atoms with Gasteiger partial charge in [0, 0.05) is 26.2 Å². The van der Waals surface area contributed by atoms with Gasteiger partial charge in [0.15, 0.2) is 0 Å². The molecule has 190 valence electrons. The smallest absolute Gasteiger partial charge is 0.372 e. The molecule has 11 heteroatoms. The van der Waals surface area contributed by atoms with Crippen LogP contribution in [0.2, 0.25) is 0 Å². The van der Waals surface area contributed by atoms with E-state index in [9.17, 15) is 26.3 Å². The second-order valence-electron chi connectivity index (χ2n) is 8.23. The quantitative estimate of drug-likeness (QED) is 0.487. The summed E-state index contributed by atoms with van der Waals surface area (Å²) < 4.78 is 85.1. The number of nitrogens with zero attached hydrogens (tertiary/aromatic N) is 1. The molecule has 2 aromatic carbocycles. The number of hydrogen-bond donors (Lipinski definition) is 1. The first-order chi connectivity index (χ1) is 15.1. The topological polar surface area (TPSA) is 24.5 Å². The number of aryl methyl sites for hydroxylation is 1. The van der Waals surface area contributed by atoms with Crippen molar-refractivity contribution in [1.29, 1.82) is 0 Å². The highest BCUT2D eigenvalue weighted by Crippen LogP contribution is 2.39. The summed E-state index contributed by atoms with van der Waals surface area (Å²) in [6.45, 7) is 2.89. The summed E-state index contributed by atoms with van der Waals surface area (Å²) in [5, 5.41) is 3.30. The normalized spacial score (nSPS) is 21.2. The molecule has 4 rings (SSSR count). The van der Waals surface area contributed by atoms with E-state index in [4.69, 9.17) is 4.74 Å². The van der Waals surface area contributed by atoms with Crippen LogP contribution in [0.25, 0.3) is 0 Å². The molecule has 1 aliphatic carbocycles. The third-order valence-corrected chi connectivity index (χ3v) is 6.08. The molecule has 34 heavy (non-hydrogen) atoms. The van der Waals surface area contributed by atoms with Crippen molar-refractivity contribution in [2.24, 2.45) is 0 Å². The number of hydrogen-bond acceptors (Lipinski definition) is 3. The Morgan fingerprint density at radius 2 is 1.47 bits per heavy atom. The number of piperazine rings is 1. The van der Waals surface area contributed by atoms with Crippen LogP contribution < -0.4 is 5.32 Å². The highest BCUT2D eigenvalue weighted by Gasteiger charge is 2.38. The maximum atomic E-state index is 13.2. The van der Waals surface area contributed by atoms with E-state index in [0.29, 0.717) is 6.42 Å². The second-order valence-corrected chi connectivity index (χ2v) is 8.23. The van der Waals surface area contributed by atoms with E-state index in [2.05, 4.69) is 16.3 Å². The molecule has 1 fully saturated rings. The molecular formula is C23H26Cl2F6N2O. The van der Waals surface area contributed by atoms with E-state index in [1.807, 2.05) is 18.2 Å². The zero-order valence-corrected chi connectivity index (χ0v) is 19.7. The summed E-state index contributed by atoms with van der Waals surface area (Å²) in [5.41, 5.74) is -0.456. The van der Waals surface area contributed by atoms with Gasteiger partial charge in [-0.2, -0.15) is 26.3 Å². The van der Waals surface area contributed by atoms with Gasteiger partial charge in [-0.05, 0) is 47.7 Å². The monoisotopic (exact) mass is 530 g/mol. The van der Waals surface area contributed by atoms with Crippen molar-refractivity contribution in [2.75, 3.05) is 26.2 Å². The molecule has 0 bridgehead atoms. The Labute approximate surface area is 206 Å². The average Bonchev–Trinajstić information content (AvgIpc) is 2.76. The molecule has 0 radical (unpaired) electrons. The number of halogens is 8. The summed E-state index contributed by atoms with van der Waals surface area (Å²) in [5.74, 6) is 0. The second kappa shape index (κ2) is 11.5. The average molecular weight is 531 g/mol. The van der Waals surface area contributed by atoms with Gasteiger partial charge in [-0.1, -0.05) is 24.3 Å². The standard InChI is InChI=1S/C23H24F6N2O.2ClH/c24-22(25,26)17-11-15(12-18(13-17)23(27,28)29)14-32-20-6-5-16-3-1-2-4-19(16)21(20)31-9-7-30-8-10-31;;/h1-4,11-13,20-21,30H,5-10,14H2;2*1H. The summed E-state index contributed by atoms with van der Waals surface area (Å²) in [6.07, 6.45) is -8.67. The van der Waals surface area contributed by atoms with Gasteiger partial charge < -0.3 is 10.1 Å². The Morgan fingerprint density at radius 3 is 2.06 bits per heavy atom. The highest BCUT2D eigenvalue weighted by molar-refractivity contribution is 5.85. The molecule has 0 saturated carbocycles. The van der Waals surface area contributed by atoms with Crippen LogP contribution >= 0.6 is 24.8 Å². The summed E-state index contributed by atoms with van der Waals surface area (Å²) in [4.78, 5) is 2.28. The van der Waals surface area contributed by atoms with Crippen LogP contribution in [0.15, 0.2) is 42.5 Å². The molecule has 2 aliphatic rings. The summed E-state index contributed by atoms with van der Waals surface area (Å²) in [7, 11) is 0. The van der Waals surface area contributed by atoms with E-state index < -0.39 is 23.5 Å². The van der Waals surface area contributed by atoms with Crippen molar-refractivity contribution in [2.45, 2.75) is 43.9 Å². The maximum Gasteiger partial charge on any atom is 0.416 e. The third kappa shape index (κ3) is 6.57. The zero-order chi connectivity index (χ0) is 22.9. The zero-order valence-electron chi connectivity index (χ0n) is 18.1. The van der Waals surface area contributed by atoms with Crippen molar-refractivity contribution >= 4 is 24.8 Å². The molecule has 1 aliphatic heterocycles. The Balaban J connectivity index is 0.00000204. The van der Waals surface area contributed by atoms with Crippen LogP contribution in [-0.4, -0.2) is 37.2 Å². The number of ether oxygens (including phenoxy) is 1. The summed E-state index contributed by atoms with van der Waals surface area (Å²) in [6, 6.07) is 9.54. The van der Waals surface area contributed by atoms with Gasteiger partial charge in [-0.3, -0.25) is 4.90 Å². The van der Waals surface area contributed by atoms with Crippen LogP contribution in [0, 0.1) is 0 Å². The van der Waals surface area contributed by atoms with Crippen molar-refractivity contribution < 1.29 is 31.1 Å². The Hall–Kier alpha value is -1.52. The molecule has 3 nitrogen and oxygen atoms in total. The van der Waals surface area contributed by atoms with Crippen LogP contribution in [-0.2, 0) is 30.1 Å². The highest BCUT2D eigenvalue weighted by atomic mass is 35.5. The first-order valence-corrected chi connectivity index (χ1v) is 10.6. The fraction of sp³-hybridized carbons (Fsp3) is 0.478. The first kappa shape index (κ1) is 28.7. The SMILES string of the molecule is Cl.Cl.FC(F)(F)c1cc(COC2CCc3ccccc3C2N2CCNCC2)cc(C(F)(F)F)c1. The van der Waals surface area contributed by atoms with Crippen LogP contribution in [0.4, 0.5) is 26.3 Å². The fourth-order valence-corrected chi connectivity index (χ4v) is 4.58. The molecule has 0 amide bonds.